The van der Waals surface area contributed by atoms with Crippen LogP contribution in [0.3, 0.4) is 0 Å². The Balaban J connectivity index is 1.84. The number of aryl methyl sites for hydroxylation is 1. The molecular weight excluding hydrogens is 268 g/mol. The van der Waals surface area contributed by atoms with Crippen LogP contribution < -0.4 is 0 Å². The summed E-state index contributed by atoms with van der Waals surface area (Å²) in [5.41, 5.74) is 5.84. The lowest BCUT2D eigenvalue weighted by Crippen LogP contribution is -1.82. The number of para-hydroxylation sites is 2. The predicted molar refractivity (Wildman–Crippen MR) is 93.7 cm³/mol. The Morgan fingerprint density at radius 2 is 1.64 bits per heavy atom. The van der Waals surface area contributed by atoms with Crippen molar-refractivity contribution in [1.29, 1.82) is 0 Å². The highest BCUT2D eigenvalue weighted by atomic mass is 14.7. The van der Waals surface area contributed by atoms with Gasteiger partial charge in [0.25, 0.3) is 0 Å². The van der Waals surface area contributed by atoms with Crippen LogP contribution in [0.25, 0.3) is 34.0 Å². The van der Waals surface area contributed by atoms with Crippen LogP contribution in [0.2, 0.25) is 0 Å². The van der Waals surface area contributed by atoms with Gasteiger partial charge in [-0.05, 0) is 30.7 Å². The summed E-state index contributed by atoms with van der Waals surface area (Å²) in [4.78, 5) is 7.85. The SMILES string of the molecule is Cc1[nH]c2ccccc2c1/C=C/c1ccnc2ccccc12. The Morgan fingerprint density at radius 3 is 2.55 bits per heavy atom. The van der Waals surface area contributed by atoms with Crippen molar-refractivity contribution in [3.8, 4) is 0 Å². The van der Waals surface area contributed by atoms with Gasteiger partial charge in [-0.15, -0.1) is 0 Å². The first-order chi connectivity index (χ1) is 10.8. The van der Waals surface area contributed by atoms with Crippen LogP contribution in [-0.4, -0.2) is 9.97 Å². The second kappa shape index (κ2) is 5.15. The first kappa shape index (κ1) is 12.8. The Morgan fingerprint density at radius 1 is 0.864 bits per heavy atom. The second-order valence-corrected chi connectivity index (χ2v) is 5.46. The van der Waals surface area contributed by atoms with E-state index >= 15 is 0 Å². The maximum absolute atomic E-state index is 4.41. The number of nitrogens with zero attached hydrogens (tertiary/aromatic N) is 1. The van der Waals surface area contributed by atoms with E-state index in [1.54, 1.807) is 0 Å². The van der Waals surface area contributed by atoms with Crippen molar-refractivity contribution < 1.29 is 0 Å². The molecule has 1 N–H and O–H groups in total. The van der Waals surface area contributed by atoms with Crippen LogP contribution in [0.4, 0.5) is 0 Å². The third-order valence-electron chi connectivity index (χ3n) is 4.06. The van der Waals surface area contributed by atoms with Crippen molar-refractivity contribution in [2.24, 2.45) is 0 Å². The lowest BCUT2D eigenvalue weighted by molar-refractivity contribution is 1.29. The maximum Gasteiger partial charge on any atom is 0.0707 e. The number of aromatic amines is 1. The van der Waals surface area contributed by atoms with E-state index in [0.29, 0.717) is 0 Å². The van der Waals surface area contributed by atoms with Gasteiger partial charge in [0.1, 0.15) is 0 Å². The van der Waals surface area contributed by atoms with Gasteiger partial charge in [0.05, 0.1) is 5.52 Å². The lowest BCUT2D eigenvalue weighted by Gasteiger charge is -2.01. The van der Waals surface area contributed by atoms with E-state index in [-0.39, 0.29) is 0 Å². The van der Waals surface area contributed by atoms with Crippen LogP contribution in [0.1, 0.15) is 16.8 Å². The molecule has 0 unspecified atom stereocenters. The minimum absolute atomic E-state index is 1.03. The predicted octanol–water partition coefficient (Wildman–Crippen LogP) is 5.19. The number of rotatable bonds is 2. The van der Waals surface area contributed by atoms with E-state index in [1.807, 2.05) is 18.3 Å². The zero-order valence-electron chi connectivity index (χ0n) is 12.4. The zero-order chi connectivity index (χ0) is 14.9. The molecule has 22 heavy (non-hydrogen) atoms. The molecule has 0 atom stereocenters. The molecule has 2 aromatic heterocycles. The quantitative estimate of drug-likeness (QED) is 0.539. The Bertz CT molecular complexity index is 988. The van der Waals surface area contributed by atoms with E-state index in [4.69, 9.17) is 0 Å². The van der Waals surface area contributed by atoms with Crippen molar-refractivity contribution in [2.75, 3.05) is 0 Å². The molecule has 0 spiro atoms. The van der Waals surface area contributed by atoms with Crippen LogP contribution in [0.15, 0.2) is 60.8 Å². The molecule has 0 fully saturated rings. The Labute approximate surface area is 129 Å². The van der Waals surface area contributed by atoms with Gasteiger partial charge in [-0.25, -0.2) is 0 Å². The molecule has 0 bridgehead atoms. The van der Waals surface area contributed by atoms with Crippen molar-refractivity contribution >= 4 is 34.0 Å². The number of benzene rings is 2. The van der Waals surface area contributed by atoms with Gasteiger partial charge in [0.15, 0.2) is 0 Å². The normalized spacial score (nSPS) is 11.7. The van der Waals surface area contributed by atoms with Crippen LogP contribution in [0.5, 0.6) is 0 Å². The lowest BCUT2D eigenvalue weighted by atomic mass is 10.1. The van der Waals surface area contributed by atoms with Gasteiger partial charge >= 0.3 is 0 Å². The fraction of sp³-hybridized carbons (Fsp3) is 0.0500. The summed E-state index contributed by atoms with van der Waals surface area (Å²) in [6.45, 7) is 2.12. The third-order valence-corrected chi connectivity index (χ3v) is 4.06. The van der Waals surface area contributed by atoms with Gasteiger partial charge in [-0.1, -0.05) is 48.6 Å². The Kier molecular flexibility index (Phi) is 3.01. The monoisotopic (exact) mass is 284 g/mol. The minimum atomic E-state index is 1.03. The molecule has 0 aliphatic heterocycles. The largest absolute Gasteiger partial charge is 0.358 e. The number of fused-ring (bicyclic) bond motifs is 2. The topological polar surface area (TPSA) is 28.7 Å². The van der Waals surface area contributed by atoms with E-state index in [1.165, 1.54) is 33.1 Å². The Hall–Kier alpha value is -2.87. The van der Waals surface area contributed by atoms with Gasteiger partial charge in [0, 0.05) is 33.7 Å². The van der Waals surface area contributed by atoms with Gasteiger partial charge < -0.3 is 4.98 Å². The number of H-pyrrole nitrogens is 1. The van der Waals surface area contributed by atoms with Crippen molar-refractivity contribution in [2.45, 2.75) is 6.92 Å². The fourth-order valence-corrected chi connectivity index (χ4v) is 2.95. The molecule has 0 amide bonds. The summed E-state index contributed by atoms with van der Waals surface area (Å²) in [6.07, 6.45) is 6.23. The smallest absolute Gasteiger partial charge is 0.0707 e. The van der Waals surface area contributed by atoms with E-state index in [0.717, 1.165) is 5.52 Å². The number of aromatic nitrogens is 2. The van der Waals surface area contributed by atoms with Crippen molar-refractivity contribution in [1.82, 2.24) is 9.97 Å². The minimum Gasteiger partial charge on any atom is -0.358 e. The van der Waals surface area contributed by atoms with Crippen LogP contribution >= 0.6 is 0 Å². The second-order valence-electron chi connectivity index (χ2n) is 5.46. The van der Waals surface area contributed by atoms with E-state index < -0.39 is 0 Å². The molecular formula is C20H16N2. The van der Waals surface area contributed by atoms with E-state index in [2.05, 4.69) is 71.5 Å². The van der Waals surface area contributed by atoms with Crippen LogP contribution in [-0.2, 0) is 0 Å². The first-order valence-electron chi connectivity index (χ1n) is 7.42. The number of pyridine rings is 1. The molecule has 0 radical (unpaired) electrons. The molecule has 4 aromatic rings. The molecule has 2 aromatic carbocycles. The fourth-order valence-electron chi connectivity index (χ4n) is 2.95. The highest BCUT2D eigenvalue weighted by Gasteiger charge is 2.05. The average Bonchev–Trinajstić information content (AvgIpc) is 2.88. The van der Waals surface area contributed by atoms with E-state index in [9.17, 15) is 0 Å². The maximum atomic E-state index is 4.41. The summed E-state index contributed by atoms with van der Waals surface area (Å²) in [5.74, 6) is 0. The summed E-state index contributed by atoms with van der Waals surface area (Å²) in [6, 6.07) is 18.7. The van der Waals surface area contributed by atoms with Crippen molar-refractivity contribution in [3.63, 3.8) is 0 Å². The molecule has 0 saturated carbocycles. The number of nitrogens with one attached hydrogen (secondary N) is 1. The average molecular weight is 284 g/mol. The molecule has 106 valence electrons. The summed E-state index contributed by atoms with van der Waals surface area (Å²) in [5, 5.41) is 2.44. The van der Waals surface area contributed by atoms with Crippen LogP contribution in [0, 0.1) is 6.92 Å². The first-order valence-corrected chi connectivity index (χ1v) is 7.42. The summed E-state index contributed by atoms with van der Waals surface area (Å²) in [7, 11) is 0. The molecule has 2 nitrogen and oxygen atoms in total. The third kappa shape index (κ3) is 2.09. The molecule has 4 rings (SSSR count). The standard InChI is InChI=1S/C20H16N2/c1-14-16(18-7-3-5-9-20(18)22-14)11-10-15-12-13-21-19-8-4-2-6-17(15)19/h2-13,22H,1H3/b11-10+. The van der Waals surface area contributed by atoms with Crippen molar-refractivity contribution in [3.05, 3.63) is 77.6 Å². The molecule has 2 heteroatoms. The number of hydrogen-bond acceptors (Lipinski definition) is 1. The summed E-state index contributed by atoms with van der Waals surface area (Å²) >= 11 is 0. The molecule has 2 heterocycles. The highest BCUT2D eigenvalue weighted by Crippen LogP contribution is 2.25. The zero-order valence-corrected chi connectivity index (χ0v) is 12.4. The number of hydrogen-bond donors (Lipinski definition) is 1. The van der Waals surface area contributed by atoms with Gasteiger partial charge in [0.2, 0.25) is 0 Å². The molecule has 0 aliphatic rings. The van der Waals surface area contributed by atoms with Gasteiger partial charge in [-0.2, -0.15) is 0 Å². The highest BCUT2D eigenvalue weighted by molar-refractivity contribution is 5.96. The van der Waals surface area contributed by atoms with Gasteiger partial charge in [-0.3, -0.25) is 4.98 Å². The molecule has 0 aliphatic carbocycles. The summed E-state index contributed by atoms with van der Waals surface area (Å²) < 4.78 is 0. The molecule has 0 saturated heterocycles.